The van der Waals surface area contributed by atoms with Crippen molar-refractivity contribution in [1.82, 2.24) is 15.0 Å². The van der Waals surface area contributed by atoms with E-state index in [1.54, 1.807) is 28.0 Å². The maximum absolute atomic E-state index is 12.7. The third kappa shape index (κ3) is 3.35. The number of furan rings is 1. The average Bonchev–Trinajstić information content (AvgIpc) is 3.30. The first kappa shape index (κ1) is 17.0. The Morgan fingerprint density at radius 3 is 2.80 bits per heavy atom. The molecule has 7 heteroatoms. The van der Waals surface area contributed by atoms with Crippen molar-refractivity contribution in [3.63, 3.8) is 0 Å². The van der Waals surface area contributed by atoms with Crippen molar-refractivity contribution in [2.45, 2.75) is 19.9 Å². The quantitative estimate of drug-likeness (QED) is 0.797. The summed E-state index contributed by atoms with van der Waals surface area (Å²) in [5.74, 6) is 0.836. The topological polar surface area (TPSA) is 79.8 Å². The van der Waals surface area contributed by atoms with Gasteiger partial charge in [0, 0.05) is 25.7 Å². The van der Waals surface area contributed by atoms with Crippen LogP contribution in [0.1, 0.15) is 24.3 Å². The molecule has 2 aromatic heterocycles. The van der Waals surface area contributed by atoms with Crippen molar-refractivity contribution in [3.8, 4) is 11.5 Å². The van der Waals surface area contributed by atoms with Crippen LogP contribution in [-0.2, 0) is 4.79 Å². The number of hydrogen-bond donors (Lipinski definition) is 0. The van der Waals surface area contributed by atoms with Crippen LogP contribution in [0.4, 0.5) is 0 Å². The Hall–Kier alpha value is -2.83. The van der Waals surface area contributed by atoms with Crippen LogP contribution in [0.3, 0.4) is 0 Å². The molecule has 3 rings (SSSR count). The summed E-state index contributed by atoms with van der Waals surface area (Å²) in [6.07, 6.45) is 2.85. The van der Waals surface area contributed by atoms with Crippen molar-refractivity contribution in [2.24, 2.45) is 5.92 Å². The Balaban J connectivity index is 1.75. The van der Waals surface area contributed by atoms with Gasteiger partial charge in [-0.15, -0.1) is 0 Å². The maximum atomic E-state index is 12.7. The lowest BCUT2D eigenvalue weighted by molar-refractivity contribution is -0.131. The van der Waals surface area contributed by atoms with E-state index in [9.17, 15) is 9.59 Å². The Morgan fingerprint density at radius 1 is 1.36 bits per heavy atom. The summed E-state index contributed by atoms with van der Waals surface area (Å²) >= 11 is 0. The molecule has 1 aliphatic heterocycles. The molecule has 0 radical (unpaired) electrons. The fourth-order valence-corrected chi connectivity index (χ4v) is 3.03. The number of piperazine rings is 1. The summed E-state index contributed by atoms with van der Waals surface area (Å²) in [6.45, 7) is 9.01. The van der Waals surface area contributed by atoms with Crippen LogP contribution in [0.5, 0.6) is 0 Å². The van der Waals surface area contributed by atoms with Crippen molar-refractivity contribution < 1.29 is 18.5 Å². The molecule has 7 nitrogen and oxygen atoms in total. The first-order valence-corrected chi connectivity index (χ1v) is 8.24. The highest BCUT2D eigenvalue weighted by Crippen LogP contribution is 2.23. The van der Waals surface area contributed by atoms with Gasteiger partial charge in [-0.1, -0.05) is 25.6 Å². The van der Waals surface area contributed by atoms with Gasteiger partial charge in [0.2, 0.25) is 11.7 Å². The second-order valence-corrected chi connectivity index (χ2v) is 6.35. The van der Waals surface area contributed by atoms with Crippen molar-refractivity contribution in [3.05, 3.63) is 42.8 Å². The van der Waals surface area contributed by atoms with Gasteiger partial charge in [0.25, 0.3) is 5.91 Å². The van der Waals surface area contributed by atoms with E-state index in [1.807, 2.05) is 13.8 Å². The number of nitrogens with zero attached hydrogens (tertiary/aromatic N) is 3. The van der Waals surface area contributed by atoms with Crippen LogP contribution in [0.25, 0.3) is 11.5 Å². The molecule has 1 aliphatic rings. The standard InChI is InChI=1S/C18H21N3O4/c1-4-17(22)21-8-7-20(11-14(21)12(2)3)18(23)13-10-16(25-19-13)15-6-5-9-24-15/h4-6,9-10,12,14H,1,7-8,11H2,2-3H3/t14-/m1/s1. The van der Waals surface area contributed by atoms with Gasteiger partial charge in [0.15, 0.2) is 11.5 Å². The van der Waals surface area contributed by atoms with Crippen molar-refractivity contribution in [2.75, 3.05) is 19.6 Å². The van der Waals surface area contributed by atoms with Crippen LogP contribution in [0.15, 0.2) is 46.1 Å². The van der Waals surface area contributed by atoms with Gasteiger partial charge in [-0.05, 0) is 24.1 Å². The second-order valence-electron chi connectivity index (χ2n) is 6.35. The van der Waals surface area contributed by atoms with E-state index in [2.05, 4.69) is 11.7 Å². The zero-order valence-electron chi connectivity index (χ0n) is 14.3. The fourth-order valence-electron chi connectivity index (χ4n) is 3.03. The molecule has 0 bridgehead atoms. The number of carbonyl (C=O) groups is 2. The lowest BCUT2D eigenvalue weighted by Gasteiger charge is -2.42. The van der Waals surface area contributed by atoms with E-state index < -0.39 is 0 Å². The predicted octanol–water partition coefficient (Wildman–Crippen LogP) is 2.43. The summed E-state index contributed by atoms with van der Waals surface area (Å²) in [6, 6.07) is 5.00. The smallest absolute Gasteiger partial charge is 0.276 e. The molecule has 0 saturated carbocycles. The summed E-state index contributed by atoms with van der Waals surface area (Å²) in [5.41, 5.74) is 0.234. The Bertz CT molecular complexity index is 763. The molecule has 1 fully saturated rings. The number of aromatic nitrogens is 1. The van der Waals surface area contributed by atoms with Gasteiger partial charge in [-0.3, -0.25) is 9.59 Å². The number of rotatable bonds is 4. The SMILES string of the molecule is C=CC(=O)N1CCN(C(=O)c2cc(-c3ccco3)on2)C[C@@H]1C(C)C. The lowest BCUT2D eigenvalue weighted by Crippen LogP contribution is -2.58. The third-order valence-electron chi connectivity index (χ3n) is 4.43. The summed E-state index contributed by atoms with van der Waals surface area (Å²) in [7, 11) is 0. The van der Waals surface area contributed by atoms with E-state index in [0.29, 0.717) is 31.2 Å². The third-order valence-corrected chi connectivity index (χ3v) is 4.43. The molecule has 2 aromatic rings. The fraction of sp³-hybridized carbons (Fsp3) is 0.389. The van der Waals surface area contributed by atoms with E-state index >= 15 is 0 Å². The minimum atomic E-state index is -0.210. The molecule has 0 aliphatic carbocycles. The van der Waals surface area contributed by atoms with Gasteiger partial charge < -0.3 is 18.7 Å². The van der Waals surface area contributed by atoms with Crippen LogP contribution in [0, 0.1) is 5.92 Å². The van der Waals surface area contributed by atoms with Gasteiger partial charge >= 0.3 is 0 Å². The molecule has 0 unspecified atom stereocenters. The van der Waals surface area contributed by atoms with Crippen LogP contribution in [-0.4, -0.2) is 52.4 Å². The van der Waals surface area contributed by atoms with Gasteiger partial charge in [-0.2, -0.15) is 0 Å². The first-order chi connectivity index (χ1) is 12.0. The highest BCUT2D eigenvalue weighted by molar-refractivity contribution is 5.93. The van der Waals surface area contributed by atoms with E-state index in [1.165, 1.54) is 12.3 Å². The Morgan fingerprint density at radius 2 is 2.16 bits per heavy atom. The molecular formula is C18H21N3O4. The van der Waals surface area contributed by atoms with Crippen LogP contribution in [0.2, 0.25) is 0 Å². The number of hydrogen-bond acceptors (Lipinski definition) is 5. The predicted molar refractivity (Wildman–Crippen MR) is 90.6 cm³/mol. The normalized spacial score (nSPS) is 17.8. The van der Waals surface area contributed by atoms with Crippen molar-refractivity contribution in [1.29, 1.82) is 0 Å². The molecule has 0 N–H and O–H groups in total. The van der Waals surface area contributed by atoms with Gasteiger partial charge in [0.1, 0.15) is 0 Å². The molecule has 1 atom stereocenters. The average molecular weight is 343 g/mol. The molecule has 25 heavy (non-hydrogen) atoms. The van der Waals surface area contributed by atoms with E-state index in [4.69, 9.17) is 8.94 Å². The van der Waals surface area contributed by atoms with Gasteiger partial charge in [-0.25, -0.2) is 0 Å². The maximum Gasteiger partial charge on any atom is 0.276 e. The number of carbonyl (C=O) groups excluding carboxylic acids is 2. The molecule has 2 amide bonds. The highest BCUT2D eigenvalue weighted by Gasteiger charge is 2.34. The lowest BCUT2D eigenvalue weighted by atomic mass is 9.99. The monoisotopic (exact) mass is 343 g/mol. The molecule has 0 aromatic carbocycles. The van der Waals surface area contributed by atoms with E-state index in [0.717, 1.165) is 0 Å². The number of amides is 2. The van der Waals surface area contributed by atoms with Gasteiger partial charge in [0.05, 0.1) is 12.3 Å². The summed E-state index contributed by atoms with van der Waals surface area (Å²) in [5, 5.41) is 3.86. The largest absolute Gasteiger partial charge is 0.461 e. The summed E-state index contributed by atoms with van der Waals surface area (Å²) < 4.78 is 10.5. The van der Waals surface area contributed by atoms with E-state index in [-0.39, 0.29) is 29.5 Å². The highest BCUT2D eigenvalue weighted by atomic mass is 16.5. The van der Waals surface area contributed by atoms with Crippen LogP contribution < -0.4 is 0 Å². The zero-order chi connectivity index (χ0) is 18.0. The zero-order valence-corrected chi connectivity index (χ0v) is 14.3. The molecule has 132 valence electrons. The first-order valence-electron chi connectivity index (χ1n) is 8.24. The minimum Gasteiger partial charge on any atom is -0.461 e. The molecular weight excluding hydrogens is 322 g/mol. The molecule has 3 heterocycles. The molecule has 0 spiro atoms. The van der Waals surface area contributed by atoms with Crippen molar-refractivity contribution >= 4 is 11.8 Å². The van der Waals surface area contributed by atoms with Crippen LogP contribution >= 0.6 is 0 Å². The molecule has 1 saturated heterocycles. The minimum absolute atomic E-state index is 0.0559. The second kappa shape index (κ2) is 6.96. The Kier molecular flexibility index (Phi) is 4.74. The summed E-state index contributed by atoms with van der Waals surface area (Å²) in [4.78, 5) is 28.3. The Labute approximate surface area is 145 Å².